The van der Waals surface area contributed by atoms with E-state index >= 15 is 0 Å². The molecule has 0 amide bonds. The largest absolute Gasteiger partial charge is 0.465 e. The quantitative estimate of drug-likeness (QED) is 0.847. The molecule has 0 fully saturated rings. The van der Waals surface area contributed by atoms with Crippen LogP contribution in [0.4, 0.5) is 5.82 Å². The molecule has 0 saturated carbocycles. The Kier molecular flexibility index (Phi) is 4.59. The molecule has 0 radical (unpaired) electrons. The highest BCUT2D eigenvalue weighted by Crippen LogP contribution is 2.30. The number of nitrogens with zero attached hydrogens (tertiary/aromatic N) is 3. The van der Waals surface area contributed by atoms with Crippen molar-refractivity contribution in [3.63, 3.8) is 0 Å². The van der Waals surface area contributed by atoms with Gasteiger partial charge >= 0.3 is 5.97 Å². The van der Waals surface area contributed by atoms with E-state index in [0.717, 1.165) is 15.7 Å². The van der Waals surface area contributed by atoms with Gasteiger partial charge in [0.1, 0.15) is 24.3 Å². The standard InChI is InChI=1S/C13H17BrN4O2/c1-4-20-10(19)6-18-5-9(14)11-12(17-8(2)3)15-7-16-13(11)18/h5,7-8H,4,6H2,1-3H3,(H,15,16,17). The minimum Gasteiger partial charge on any atom is -0.465 e. The van der Waals surface area contributed by atoms with Crippen LogP contribution in [0, 0.1) is 0 Å². The Morgan fingerprint density at radius 2 is 2.25 bits per heavy atom. The third-order valence-electron chi connectivity index (χ3n) is 2.64. The number of rotatable bonds is 5. The molecular formula is C13H17BrN4O2. The summed E-state index contributed by atoms with van der Waals surface area (Å²) in [4.78, 5) is 20.1. The maximum Gasteiger partial charge on any atom is 0.325 e. The van der Waals surface area contributed by atoms with Crippen LogP contribution in [0.3, 0.4) is 0 Å². The zero-order valence-electron chi connectivity index (χ0n) is 11.7. The SMILES string of the molecule is CCOC(=O)Cn1cc(Br)c2c(NC(C)C)ncnc21. The predicted octanol–water partition coefficient (Wildman–Crippen LogP) is 2.58. The normalized spacial score (nSPS) is 11.1. The van der Waals surface area contributed by atoms with Crippen molar-refractivity contribution >= 4 is 38.8 Å². The van der Waals surface area contributed by atoms with E-state index < -0.39 is 0 Å². The Hall–Kier alpha value is -1.63. The third-order valence-corrected chi connectivity index (χ3v) is 3.24. The summed E-state index contributed by atoms with van der Waals surface area (Å²) in [6.07, 6.45) is 3.31. The van der Waals surface area contributed by atoms with Crippen LogP contribution >= 0.6 is 15.9 Å². The van der Waals surface area contributed by atoms with Gasteiger partial charge in [-0.1, -0.05) is 0 Å². The average molecular weight is 341 g/mol. The molecule has 2 rings (SSSR count). The first-order valence-corrected chi connectivity index (χ1v) is 7.23. The summed E-state index contributed by atoms with van der Waals surface area (Å²) in [7, 11) is 0. The molecule has 6 nitrogen and oxygen atoms in total. The highest BCUT2D eigenvalue weighted by atomic mass is 79.9. The van der Waals surface area contributed by atoms with Crippen LogP contribution < -0.4 is 5.32 Å². The van der Waals surface area contributed by atoms with Crippen molar-refractivity contribution in [1.82, 2.24) is 14.5 Å². The minimum absolute atomic E-state index is 0.133. The van der Waals surface area contributed by atoms with Crippen LogP contribution in [-0.4, -0.2) is 33.2 Å². The Morgan fingerprint density at radius 3 is 2.90 bits per heavy atom. The van der Waals surface area contributed by atoms with Gasteiger partial charge in [0.05, 0.1) is 12.0 Å². The molecule has 2 aromatic rings. The number of hydrogen-bond donors (Lipinski definition) is 1. The number of fused-ring (bicyclic) bond motifs is 1. The molecule has 0 spiro atoms. The number of ether oxygens (including phenoxy) is 1. The van der Waals surface area contributed by atoms with Gasteiger partial charge in [-0.3, -0.25) is 4.79 Å². The summed E-state index contributed by atoms with van der Waals surface area (Å²) in [5.41, 5.74) is 0.697. The molecular weight excluding hydrogens is 324 g/mol. The molecule has 2 aromatic heterocycles. The van der Waals surface area contributed by atoms with Crippen LogP contribution in [0.25, 0.3) is 11.0 Å². The number of halogens is 1. The molecule has 0 bridgehead atoms. The number of nitrogens with one attached hydrogen (secondary N) is 1. The summed E-state index contributed by atoms with van der Waals surface area (Å²) in [6.45, 7) is 6.37. The van der Waals surface area contributed by atoms with Gasteiger partial charge in [-0.15, -0.1) is 0 Å². The van der Waals surface area contributed by atoms with Gasteiger partial charge in [-0.2, -0.15) is 0 Å². The fourth-order valence-electron chi connectivity index (χ4n) is 1.93. The van der Waals surface area contributed by atoms with Crippen LogP contribution in [0.5, 0.6) is 0 Å². The van der Waals surface area contributed by atoms with Gasteiger partial charge in [-0.25, -0.2) is 9.97 Å². The van der Waals surface area contributed by atoms with Crippen molar-refractivity contribution in [2.75, 3.05) is 11.9 Å². The van der Waals surface area contributed by atoms with E-state index in [9.17, 15) is 4.79 Å². The van der Waals surface area contributed by atoms with E-state index in [2.05, 4.69) is 31.2 Å². The zero-order chi connectivity index (χ0) is 14.7. The molecule has 7 heteroatoms. The molecule has 20 heavy (non-hydrogen) atoms. The van der Waals surface area contributed by atoms with E-state index in [0.29, 0.717) is 12.3 Å². The molecule has 2 heterocycles. The molecule has 0 unspecified atom stereocenters. The Morgan fingerprint density at radius 1 is 1.50 bits per heavy atom. The first-order chi connectivity index (χ1) is 9.52. The second kappa shape index (κ2) is 6.21. The van der Waals surface area contributed by atoms with Crippen molar-refractivity contribution in [2.24, 2.45) is 0 Å². The highest BCUT2D eigenvalue weighted by molar-refractivity contribution is 9.10. The predicted molar refractivity (Wildman–Crippen MR) is 80.6 cm³/mol. The number of aromatic nitrogens is 3. The zero-order valence-corrected chi connectivity index (χ0v) is 13.3. The first kappa shape index (κ1) is 14.8. The lowest BCUT2D eigenvalue weighted by atomic mass is 10.3. The first-order valence-electron chi connectivity index (χ1n) is 6.44. The average Bonchev–Trinajstić information content (AvgIpc) is 2.67. The summed E-state index contributed by atoms with van der Waals surface area (Å²) < 4.78 is 7.57. The molecule has 0 aliphatic carbocycles. The maximum atomic E-state index is 11.6. The molecule has 0 saturated heterocycles. The smallest absolute Gasteiger partial charge is 0.325 e. The second-order valence-electron chi connectivity index (χ2n) is 4.63. The van der Waals surface area contributed by atoms with Crippen molar-refractivity contribution in [3.05, 3.63) is 17.0 Å². The lowest BCUT2D eigenvalue weighted by molar-refractivity contribution is -0.143. The van der Waals surface area contributed by atoms with Crippen molar-refractivity contribution in [3.8, 4) is 0 Å². The number of hydrogen-bond acceptors (Lipinski definition) is 5. The van der Waals surface area contributed by atoms with Gasteiger partial charge in [-0.05, 0) is 36.7 Å². The lowest BCUT2D eigenvalue weighted by Crippen LogP contribution is -2.14. The van der Waals surface area contributed by atoms with E-state index in [1.165, 1.54) is 6.33 Å². The van der Waals surface area contributed by atoms with E-state index in [4.69, 9.17) is 4.74 Å². The molecule has 0 aromatic carbocycles. The lowest BCUT2D eigenvalue weighted by Gasteiger charge is -2.10. The number of esters is 1. The number of carbonyl (C=O) groups excluding carboxylic acids is 1. The van der Waals surface area contributed by atoms with Gasteiger partial charge in [0.2, 0.25) is 0 Å². The van der Waals surface area contributed by atoms with Gasteiger partial charge in [0, 0.05) is 16.7 Å². The number of anilines is 1. The Labute approximate surface area is 125 Å². The number of carbonyl (C=O) groups is 1. The fourth-order valence-corrected chi connectivity index (χ4v) is 2.54. The summed E-state index contributed by atoms with van der Waals surface area (Å²) >= 11 is 3.49. The monoisotopic (exact) mass is 340 g/mol. The molecule has 0 aliphatic heterocycles. The summed E-state index contributed by atoms with van der Waals surface area (Å²) in [5.74, 6) is 0.466. The van der Waals surface area contributed by atoms with Crippen molar-refractivity contribution in [1.29, 1.82) is 0 Å². The molecule has 1 N–H and O–H groups in total. The summed E-state index contributed by atoms with van der Waals surface area (Å²) in [6, 6.07) is 0.258. The van der Waals surface area contributed by atoms with Gasteiger partial charge < -0.3 is 14.6 Å². The minimum atomic E-state index is -0.283. The van der Waals surface area contributed by atoms with Crippen LogP contribution in [0.15, 0.2) is 17.0 Å². The second-order valence-corrected chi connectivity index (χ2v) is 5.48. The molecule has 108 valence electrons. The van der Waals surface area contributed by atoms with Gasteiger partial charge in [0.15, 0.2) is 0 Å². The fraction of sp³-hybridized carbons (Fsp3) is 0.462. The summed E-state index contributed by atoms with van der Waals surface area (Å²) in [5, 5.41) is 4.14. The van der Waals surface area contributed by atoms with Gasteiger partial charge in [0.25, 0.3) is 0 Å². The maximum absolute atomic E-state index is 11.6. The topological polar surface area (TPSA) is 69.0 Å². The van der Waals surface area contributed by atoms with Crippen LogP contribution in [0.2, 0.25) is 0 Å². The molecule has 0 aliphatic rings. The van der Waals surface area contributed by atoms with Crippen molar-refractivity contribution in [2.45, 2.75) is 33.4 Å². The Balaban J connectivity index is 2.41. The van der Waals surface area contributed by atoms with E-state index in [1.807, 2.05) is 20.0 Å². The van der Waals surface area contributed by atoms with Crippen molar-refractivity contribution < 1.29 is 9.53 Å². The highest BCUT2D eigenvalue weighted by Gasteiger charge is 2.15. The van der Waals surface area contributed by atoms with E-state index in [1.54, 1.807) is 11.5 Å². The van der Waals surface area contributed by atoms with Crippen LogP contribution in [0.1, 0.15) is 20.8 Å². The third kappa shape index (κ3) is 3.09. The molecule has 0 atom stereocenters. The Bertz CT molecular complexity index is 624. The van der Waals surface area contributed by atoms with Crippen LogP contribution in [-0.2, 0) is 16.1 Å². The van der Waals surface area contributed by atoms with E-state index in [-0.39, 0.29) is 18.6 Å².